The highest BCUT2D eigenvalue weighted by Gasteiger charge is 2.24. The molecule has 0 spiro atoms. The van der Waals surface area contributed by atoms with Crippen LogP contribution in [0.25, 0.3) is 11.3 Å². The molecule has 3 rings (SSSR count). The summed E-state index contributed by atoms with van der Waals surface area (Å²) >= 11 is 7.58. The summed E-state index contributed by atoms with van der Waals surface area (Å²) in [6.45, 7) is 3.34. The van der Waals surface area contributed by atoms with Crippen LogP contribution in [0.3, 0.4) is 0 Å². The lowest BCUT2D eigenvalue weighted by atomic mass is 10.1. The fourth-order valence-corrected chi connectivity index (χ4v) is 2.85. The van der Waals surface area contributed by atoms with E-state index >= 15 is 0 Å². The molecule has 122 valence electrons. The number of carbonyl (C=O) groups is 1. The molecule has 0 bridgehead atoms. The van der Waals surface area contributed by atoms with Crippen LogP contribution < -0.4 is 0 Å². The molecule has 0 saturated carbocycles. The molecular formula is C16H12ClN3O3S. The third-order valence-corrected chi connectivity index (χ3v) is 4.41. The molecule has 6 nitrogen and oxygen atoms in total. The number of oxime groups is 1. The highest BCUT2D eigenvalue weighted by atomic mass is 35.5. The average molecular weight is 362 g/mol. The normalized spacial score (nSPS) is 11.5. The van der Waals surface area contributed by atoms with Crippen molar-refractivity contribution in [2.75, 3.05) is 0 Å². The predicted octanol–water partition coefficient (Wildman–Crippen LogP) is 4.34. The molecule has 0 aliphatic rings. The SMILES string of the molecule is CC(=NOC(=O)c1c(-c2ccccc2Cl)noc1C)c1nccs1. The molecule has 0 aliphatic heterocycles. The van der Waals surface area contributed by atoms with Gasteiger partial charge in [-0.25, -0.2) is 9.78 Å². The summed E-state index contributed by atoms with van der Waals surface area (Å²) in [6.07, 6.45) is 1.65. The molecule has 0 atom stereocenters. The monoisotopic (exact) mass is 361 g/mol. The zero-order valence-electron chi connectivity index (χ0n) is 12.8. The molecular weight excluding hydrogens is 350 g/mol. The van der Waals surface area contributed by atoms with Crippen LogP contribution in [0.1, 0.15) is 28.0 Å². The van der Waals surface area contributed by atoms with Crippen molar-refractivity contribution in [3.8, 4) is 11.3 Å². The van der Waals surface area contributed by atoms with Crippen molar-refractivity contribution < 1.29 is 14.2 Å². The van der Waals surface area contributed by atoms with Crippen molar-refractivity contribution in [1.29, 1.82) is 0 Å². The minimum Gasteiger partial charge on any atom is -0.360 e. The van der Waals surface area contributed by atoms with E-state index in [0.29, 0.717) is 32.8 Å². The molecule has 3 aromatic rings. The minimum atomic E-state index is -0.667. The van der Waals surface area contributed by atoms with Gasteiger partial charge in [-0.1, -0.05) is 40.1 Å². The minimum absolute atomic E-state index is 0.193. The standard InChI is InChI=1S/C16H12ClN3O3S/c1-9(15-18-7-8-24-15)19-23-16(21)13-10(2)22-20-14(13)11-5-3-4-6-12(11)17/h3-8H,1-2H3. The molecule has 0 unspecified atom stereocenters. The molecule has 0 fully saturated rings. The van der Waals surface area contributed by atoms with E-state index < -0.39 is 5.97 Å². The van der Waals surface area contributed by atoms with Gasteiger partial charge in [0.15, 0.2) is 0 Å². The number of aryl methyl sites for hydroxylation is 1. The van der Waals surface area contributed by atoms with Gasteiger partial charge < -0.3 is 9.36 Å². The number of carbonyl (C=O) groups excluding carboxylic acids is 1. The van der Waals surface area contributed by atoms with Gasteiger partial charge in [0.2, 0.25) is 0 Å². The first-order chi connectivity index (χ1) is 11.6. The van der Waals surface area contributed by atoms with Crippen molar-refractivity contribution in [3.05, 3.63) is 57.2 Å². The fraction of sp³-hybridized carbons (Fsp3) is 0.125. The zero-order chi connectivity index (χ0) is 17.1. The largest absolute Gasteiger partial charge is 0.371 e. The second-order valence-electron chi connectivity index (χ2n) is 4.83. The van der Waals surface area contributed by atoms with Gasteiger partial charge in [-0.15, -0.1) is 11.3 Å². The molecule has 0 saturated heterocycles. The van der Waals surface area contributed by atoms with E-state index in [1.165, 1.54) is 11.3 Å². The molecule has 0 radical (unpaired) electrons. The Hall–Kier alpha value is -2.51. The first-order valence-corrected chi connectivity index (χ1v) is 8.20. The average Bonchev–Trinajstić information content (AvgIpc) is 3.22. The van der Waals surface area contributed by atoms with E-state index in [4.69, 9.17) is 21.0 Å². The quantitative estimate of drug-likeness (QED) is 0.392. The number of thiazole rings is 1. The van der Waals surface area contributed by atoms with Gasteiger partial charge in [-0.2, -0.15) is 0 Å². The number of hydrogen-bond acceptors (Lipinski definition) is 7. The zero-order valence-corrected chi connectivity index (χ0v) is 14.4. The van der Waals surface area contributed by atoms with Crippen molar-refractivity contribution in [3.63, 3.8) is 0 Å². The Morgan fingerprint density at radius 2 is 2.17 bits per heavy atom. The third-order valence-electron chi connectivity index (χ3n) is 3.20. The number of halogens is 1. The second kappa shape index (κ2) is 6.94. The Balaban J connectivity index is 1.90. The maximum absolute atomic E-state index is 12.4. The summed E-state index contributed by atoms with van der Waals surface area (Å²) < 4.78 is 5.14. The number of rotatable bonds is 4. The number of hydrogen-bond donors (Lipinski definition) is 0. The summed E-state index contributed by atoms with van der Waals surface area (Å²) in [5.41, 5.74) is 1.61. The van der Waals surface area contributed by atoms with Crippen molar-refractivity contribution >= 4 is 34.6 Å². The van der Waals surface area contributed by atoms with Crippen LogP contribution in [0, 0.1) is 6.92 Å². The summed E-state index contributed by atoms with van der Waals surface area (Å²) in [7, 11) is 0. The van der Waals surface area contributed by atoms with Crippen molar-refractivity contribution in [2.45, 2.75) is 13.8 Å². The Morgan fingerprint density at radius 1 is 1.38 bits per heavy atom. The van der Waals surface area contributed by atoms with Gasteiger partial charge in [0.05, 0.1) is 5.02 Å². The third kappa shape index (κ3) is 3.22. The Kier molecular flexibility index (Phi) is 4.73. The summed E-state index contributed by atoms with van der Waals surface area (Å²) in [6, 6.07) is 7.05. The Bertz CT molecular complexity index is 903. The maximum atomic E-state index is 12.4. The van der Waals surface area contributed by atoms with Crippen molar-refractivity contribution in [2.24, 2.45) is 5.16 Å². The summed E-state index contributed by atoms with van der Waals surface area (Å²) in [5.74, 6) is -0.336. The molecule has 0 N–H and O–H groups in total. The topological polar surface area (TPSA) is 77.6 Å². The van der Waals surface area contributed by atoms with E-state index in [9.17, 15) is 4.79 Å². The van der Waals surface area contributed by atoms with Gasteiger partial charge in [-0.3, -0.25) is 0 Å². The lowest BCUT2D eigenvalue weighted by molar-refractivity contribution is 0.0515. The number of nitrogens with zero attached hydrogens (tertiary/aromatic N) is 3. The van der Waals surface area contributed by atoms with Crippen LogP contribution >= 0.6 is 22.9 Å². The van der Waals surface area contributed by atoms with Gasteiger partial charge in [0.25, 0.3) is 0 Å². The molecule has 1 aromatic carbocycles. The molecule has 0 amide bonds. The highest BCUT2D eigenvalue weighted by molar-refractivity contribution is 7.11. The van der Waals surface area contributed by atoms with Crippen LogP contribution in [0.5, 0.6) is 0 Å². The lowest BCUT2D eigenvalue weighted by Crippen LogP contribution is -2.06. The molecule has 8 heteroatoms. The summed E-state index contributed by atoms with van der Waals surface area (Å²) in [5, 5.41) is 10.7. The smallest absolute Gasteiger partial charge is 0.360 e. The fourth-order valence-electron chi connectivity index (χ4n) is 2.05. The van der Waals surface area contributed by atoms with E-state index in [0.717, 1.165) is 0 Å². The maximum Gasteiger partial charge on any atom is 0.371 e. The van der Waals surface area contributed by atoms with E-state index in [1.807, 2.05) is 5.38 Å². The Labute approximate surface area is 146 Å². The van der Waals surface area contributed by atoms with Crippen LogP contribution in [-0.4, -0.2) is 21.8 Å². The second-order valence-corrected chi connectivity index (χ2v) is 6.14. The molecule has 2 aromatic heterocycles. The van der Waals surface area contributed by atoms with Gasteiger partial charge in [0, 0.05) is 17.1 Å². The highest BCUT2D eigenvalue weighted by Crippen LogP contribution is 2.31. The van der Waals surface area contributed by atoms with E-state index in [-0.39, 0.29) is 5.56 Å². The number of benzene rings is 1. The lowest BCUT2D eigenvalue weighted by Gasteiger charge is -2.03. The van der Waals surface area contributed by atoms with E-state index in [2.05, 4.69) is 15.3 Å². The molecule has 24 heavy (non-hydrogen) atoms. The van der Waals surface area contributed by atoms with Crippen molar-refractivity contribution in [1.82, 2.24) is 10.1 Å². The summed E-state index contributed by atoms with van der Waals surface area (Å²) in [4.78, 5) is 21.5. The first kappa shape index (κ1) is 16.4. The van der Waals surface area contributed by atoms with Crippen LogP contribution in [0.2, 0.25) is 5.02 Å². The van der Waals surface area contributed by atoms with Crippen LogP contribution in [-0.2, 0) is 4.84 Å². The Morgan fingerprint density at radius 3 is 2.88 bits per heavy atom. The van der Waals surface area contributed by atoms with Gasteiger partial charge in [0.1, 0.15) is 27.7 Å². The predicted molar refractivity (Wildman–Crippen MR) is 91.4 cm³/mol. The van der Waals surface area contributed by atoms with Gasteiger partial charge >= 0.3 is 5.97 Å². The number of aromatic nitrogens is 2. The van der Waals surface area contributed by atoms with Crippen LogP contribution in [0.15, 0.2) is 45.5 Å². The molecule has 2 heterocycles. The first-order valence-electron chi connectivity index (χ1n) is 6.95. The van der Waals surface area contributed by atoms with Gasteiger partial charge in [-0.05, 0) is 19.9 Å². The van der Waals surface area contributed by atoms with E-state index in [1.54, 1.807) is 44.3 Å². The molecule has 0 aliphatic carbocycles. The van der Waals surface area contributed by atoms with Crippen LogP contribution in [0.4, 0.5) is 0 Å².